The fourth-order valence-electron chi connectivity index (χ4n) is 4.10. The van der Waals surface area contributed by atoms with Crippen molar-refractivity contribution in [1.29, 1.82) is 0 Å². The third-order valence-electron chi connectivity index (χ3n) is 5.85. The molecule has 0 radical (unpaired) electrons. The zero-order valence-corrected chi connectivity index (χ0v) is 19.1. The quantitative estimate of drug-likeness (QED) is 0.678. The molecule has 0 fully saturated rings. The van der Waals surface area contributed by atoms with Gasteiger partial charge in [0.05, 0.1) is 6.04 Å². The Morgan fingerprint density at radius 2 is 1.87 bits per heavy atom. The first-order valence-electron chi connectivity index (χ1n) is 11.4. The number of hydrogen-bond acceptors (Lipinski definition) is 3. The summed E-state index contributed by atoms with van der Waals surface area (Å²) in [6.07, 6.45) is 2.25. The topological polar surface area (TPSA) is 58.6 Å². The van der Waals surface area contributed by atoms with Crippen LogP contribution < -0.4 is 10.1 Å². The Hall–Kier alpha value is -2.82. The van der Waals surface area contributed by atoms with E-state index in [0.29, 0.717) is 31.7 Å². The lowest BCUT2D eigenvalue weighted by molar-refractivity contribution is -0.133. The maximum atomic E-state index is 12.8. The van der Waals surface area contributed by atoms with Crippen molar-refractivity contribution in [3.05, 3.63) is 64.7 Å². The minimum atomic E-state index is -0.528. The second kappa shape index (κ2) is 10.5. The molecule has 5 nitrogen and oxygen atoms in total. The van der Waals surface area contributed by atoms with Crippen molar-refractivity contribution >= 4 is 11.8 Å². The molecule has 2 amide bonds. The van der Waals surface area contributed by atoms with Crippen molar-refractivity contribution in [1.82, 2.24) is 10.2 Å². The van der Waals surface area contributed by atoms with Crippen LogP contribution in [0.1, 0.15) is 68.3 Å². The van der Waals surface area contributed by atoms with Crippen LogP contribution in [0, 0.1) is 6.92 Å². The maximum Gasteiger partial charge on any atom is 0.261 e. The Bertz CT molecular complexity index is 907. The molecule has 1 aliphatic heterocycles. The van der Waals surface area contributed by atoms with E-state index in [1.807, 2.05) is 37.8 Å². The summed E-state index contributed by atoms with van der Waals surface area (Å²) in [6.45, 7) is 9.30. The second-order valence-electron chi connectivity index (χ2n) is 8.17. The highest BCUT2D eigenvalue weighted by Gasteiger charge is 2.32. The highest BCUT2D eigenvalue weighted by molar-refractivity contribution is 5.81. The Morgan fingerprint density at radius 1 is 1.13 bits per heavy atom. The largest absolute Gasteiger partial charge is 0.481 e. The summed E-state index contributed by atoms with van der Waals surface area (Å²) < 4.78 is 6.10. The van der Waals surface area contributed by atoms with Gasteiger partial charge in [0, 0.05) is 19.5 Å². The van der Waals surface area contributed by atoms with Gasteiger partial charge in [-0.3, -0.25) is 9.59 Å². The van der Waals surface area contributed by atoms with Crippen molar-refractivity contribution < 1.29 is 14.3 Å². The third kappa shape index (κ3) is 5.27. The van der Waals surface area contributed by atoms with Gasteiger partial charge in [-0.2, -0.15) is 0 Å². The number of fused-ring (bicyclic) bond motifs is 1. The molecule has 1 aliphatic rings. The van der Waals surface area contributed by atoms with E-state index in [1.54, 1.807) is 0 Å². The molecule has 31 heavy (non-hydrogen) atoms. The third-order valence-corrected chi connectivity index (χ3v) is 5.85. The summed E-state index contributed by atoms with van der Waals surface area (Å²) in [6, 6.07) is 14.3. The number of hydrogen-bond donors (Lipinski definition) is 1. The predicted octanol–water partition coefficient (Wildman–Crippen LogP) is 4.56. The van der Waals surface area contributed by atoms with E-state index >= 15 is 0 Å². The van der Waals surface area contributed by atoms with Gasteiger partial charge in [0.15, 0.2) is 6.10 Å². The molecule has 0 bridgehead atoms. The van der Waals surface area contributed by atoms with Crippen LogP contribution in [-0.2, 0) is 16.0 Å². The van der Waals surface area contributed by atoms with Crippen molar-refractivity contribution in [3.8, 4) is 5.75 Å². The molecular formula is C26H34N2O3. The fourth-order valence-corrected chi connectivity index (χ4v) is 4.10. The molecule has 166 valence electrons. The lowest BCUT2D eigenvalue weighted by Gasteiger charge is -2.38. The van der Waals surface area contributed by atoms with Crippen LogP contribution in [0.2, 0.25) is 0 Å². The standard InChI is InChI=1S/C26H34N2O3/c1-5-15-27-26(30)23(6-2)31-21-13-12-19-14-16-28(24(29)7-3)25(22(19)17-21)20-10-8-18(4)9-11-20/h8-13,17,23,25H,5-7,14-16H2,1-4H3,(H,27,30)/t23-,25+/m0/s1. The second-order valence-corrected chi connectivity index (χ2v) is 8.17. The van der Waals surface area contributed by atoms with Gasteiger partial charge < -0.3 is 15.0 Å². The minimum Gasteiger partial charge on any atom is -0.481 e. The maximum absolute atomic E-state index is 12.8. The van der Waals surface area contributed by atoms with Gasteiger partial charge in [-0.15, -0.1) is 0 Å². The number of nitrogens with one attached hydrogen (secondary N) is 1. The molecule has 0 aliphatic carbocycles. The predicted molar refractivity (Wildman–Crippen MR) is 123 cm³/mol. The van der Waals surface area contributed by atoms with Crippen LogP contribution in [0.25, 0.3) is 0 Å². The van der Waals surface area contributed by atoms with E-state index < -0.39 is 6.10 Å². The smallest absolute Gasteiger partial charge is 0.261 e. The van der Waals surface area contributed by atoms with Crippen LogP contribution in [0.4, 0.5) is 0 Å². The van der Waals surface area contributed by atoms with Crippen LogP contribution in [-0.4, -0.2) is 35.9 Å². The summed E-state index contributed by atoms with van der Waals surface area (Å²) in [7, 11) is 0. The van der Waals surface area contributed by atoms with E-state index in [1.165, 1.54) is 11.1 Å². The monoisotopic (exact) mass is 422 g/mol. The lowest BCUT2D eigenvalue weighted by atomic mass is 9.87. The summed E-state index contributed by atoms with van der Waals surface area (Å²) in [4.78, 5) is 27.2. The number of aryl methyl sites for hydroxylation is 1. The van der Waals surface area contributed by atoms with Crippen LogP contribution in [0.15, 0.2) is 42.5 Å². The molecule has 2 atom stereocenters. The molecule has 0 saturated carbocycles. The Kier molecular flexibility index (Phi) is 7.72. The van der Waals surface area contributed by atoms with E-state index in [9.17, 15) is 9.59 Å². The zero-order valence-electron chi connectivity index (χ0n) is 19.1. The van der Waals surface area contributed by atoms with Crippen molar-refractivity contribution in [3.63, 3.8) is 0 Å². The molecular weight excluding hydrogens is 388 g/mol. The summed E-state index contributed by atoms with van der Waals surface area (Å²) >= 11 is 0. The summed E-state index contributed by atoms with van der Waals surface area (Å²) in [5.41, 5.74) is 4.59. The number of carbonyl (C=O) groups is 2. The Labute approximate surface area is 185 Å². The molecule has 1 N–H and O–H groups in total. The molecule has 1 heterocycles. The number of rotatable bonds is 8. The van der Waals surface area contributed by atoms with E-state index in [2.05, 4.69) is 42.6 Å². The van der Waals surface area contributed by atoms with E-state index in [0.717, 1.165) is 24.0 Å². The SMILES string of the molecule is CCCNC(=O)[C@H](CC)Oc1ccc2c(c1)[C@@H](c1ccc(C)cc1)N(C(=O)CC)CC2. The van der Waals surface area contributed by atoms with E-state index in [-0.39, 0.29) is 17.9 Å². The summed E-state index contributed by atoms with van der Waals surface area (Å²) in [5.74, 6) is 0.730. The van der Waals surface area contributed by atoms with Crippen molar-refractivity contribution in [2.75, 3.05) is 13.1 Å². The van der Waals surface area contributed by atoms with Crippen LogP contribution >= 0.6 is 0 Å². The molecule has 2 aromatic carbocycles. The molecule has 0 unspecified atom stereocenters. The van der Waals surface area contributed by atoms with Crippen molar-refractivity contribution in [2.24, 2.45) is 0 Å². The normalized spacial score (nSPS) is 16.4. The molecule has 5 heteroatoms. The van der Waals surface area contributed by atoms with Gasteiger partial charge in [0.1, 0.15) is 5.75 Å². The molecule has 3 rings (SSSR count). The first kappa shape index (κ1) is 22.9. The van der Waals surface area contributed by atoms with Gasteiger partial charge in [-0.1, -0.05) is 56.7 Å². The fraction of sp³-hybridized carbons (Fsp3) is 0.462. The molecule has 0 saturated heterocycles. The lowest BCUT2D eigenvalue weighted by Crippen LogP contribution is -2.40. The minimum absolute atomic E-state index is 0.0834. The Balaban J connectivity index is 1.95. The summed E-state index contributed by atoms with van der Waals surface area (Å²) in [5, 5.41) is 2.92. The van der Waals surface area contributed by atoms with Crippen LogP contribution in [0.5, 0.6) is 5.75 Å². The average Bonchev–Trinajstić information content (AvgIpc) is 2.80. The average molecular weight is 423 g/mol. The first-order valence-corrected chi connectivity index (χ1v) is 11.4. The molecule has 0 spiro atoms. The van der Waals surface area contributed by atoms with Gasteiger partial charge in [-0.25, -0.2) is 0 Å². The number of ether oxygens (including phenoxy) is 1. The number of amides is 2. The van der Waals surface area contributed by atoms with E-state index in [4.69, 9.17) is 4.74 Å². The molecule has 2 aromatic rings. The highest BCUT2D eigenvalue weighted by Crippen LogP contribution is 2.37. The zero-order chi connectivity index (χ0) is 22.4. The Morgan fingerprint density at radius 3 is 2.52 bits per heavy atom. The molecule has 0 aromatic heterocycles. The van der Waals surface area contributed by atoms with Crippen LogP contribution in [0.3, 0.4) is 0 Å². The number of nitrogens with zero attached hydrogens (tertiary/aromatic N) is 1. The highest BCUT2D eigenvalue weighted by atomic mass is 16.5. The van der Waals surface area contributed by atoms with Gasteiger partial charge in [0.25, 0.3) is 5.91 Å². The number of benzene rings is 2. The van der Waals surface area contributed by atoms with Crippen molar-refractivity contribution in [2.45, 2.75) is 65.5 Å². The van der Waals surface area contributed by atoms with Gasteiger partial charge in [-0.05, 0) is 55.0 Å². The van der Waals surface area contributed by atoms with Gasteiger partial charge in [0.2, 0.25) is 5.91 Å². The number of carbonyl (C=O) groups excluding carboxylic acids is 2. The first-order chi connectivity index (χ1) is 15.0. The van der Waals surface area contributed by atoms with Gasteiger partial charge >= 0.3 is 0 Å².